The average Bonchev–Trinajstić information content (AvgIpc) is 2.60. The van der Waals surface area contributed by atoms with E-state index in [1.165, 1.54) is 0 Å². The van der Waals surface area contributed by atoms with E-state index >= 15 is 0 Å². The fourth-order valence-electron chi connectivity index (χ4n) is 2.66. The Morgan fingerprint density at radius 2 is 1.57 bits per heavy atom. The average molecular weight is 314 g/mol. The lowest BCUT2D eigenvalue weighted by molar-refractivity contribution is 0.0667. The highest BCUT2D eigenvalue weighted by molar-refractivity contribution is 5.39. The van der Waals surface area contributed by atoms with Gasteiger partial charge < -0.3 is 21.3 Å². The zero-order valence-corrected chi connectivity index (χ0v) is 13.8. The smallest absolute Gasteiger partial charge is 0.118 e. The molecular weight excluding hydrogens is 288 g/mol. The third kappa shape index (κ3) is 4.10. The van der Waals surface area contributed by atoms with Crippen LogP contribution in [0.4, 0.5) is 0 Å². The molecular formula is C19H26N2O2. The Balaban J connectivity index is 2.38. The van der Waals surface area contributed by atoms with Crippen molar-refractivity contribution in [2.45, 2.75) is 31.4 Å². The van der Waals surface area contributed by atoms with Gasteiger partial charge in [-0.2, -0.15) is 0 Å². The molecule has 2 aromatic carbocycles. The van der Waals surface area contributed by atoms with E-state index < -0.39 is 5.60 Å². The Bertz CT molecular complexity index is 610. The molecule has 4 heteroatoms. The van der Waals surface area contributed by atoms with Gasteiger partial charge in [0.25, 0.3) is 0 Å². The fraction of sp³-hybridized carbons (Fsp3) is 0.368. The van der Waals surface area contributed by atoms with Crippen LogP contribution in [-0.2, 0) is 5.60 Å². The normalized spacial score (nSPS) is 15.0. The molecule has 0 heterocycles. The summed E-state index contributed by atoms with van der Waals surface area (Å²) in [7, 11) is 1.63. The van der Waals surface area contributed by atoms with Gasteiger partial charge in [0.15, 0.2) is 0 Å². The zero-order valence-electron chi connectivity index (χ0n) is 13.8. The van der Waals surface area contributed by atoms with Crippen molar-refractivity contribution in [3.63, 3.8) is 0 Å². The first-order valence-corrected chi connectivity index (χ1v) is 7.89. The van der Waals surface area contributed by atoms with Gasteiger partial charge in [-0.1, -0.05) is 42.0 Å². The van der Waals surface area contributed by atoms with Crippen molar-refractivity contribution in [2.75, 3.05) is 13.7 Å². The van der Waals surface area contributed by atoms with Gasteiger partial charge in [-0.25, -0.2) is 0 Å². The van der Waals surface area contributed by atoms with Crippen LogP contribution in [0.5, 0.6) is 5.75 Å². The Morgan fingerprint density at radius 3 is 2.04 bits per heavy atom. The maximum absolute atomic E-state index is 11.4. The largest absolute Gasteiger partial charge is 0.497 e. The second-order valence-electron chi connectivity index (χ2n) is 5.99. The summed E-state index contributed by atoms with van der Waals surface area (Å²) in [5.41, 5.74) is 13.3. The number of hydrogen-bond donors (Lipinski definition) is 3. The summed E-state index contributed by atoms with van der Waals surface area (Å²) in [6.07, 6.45) is 1.16. The highest BCUT2D eigenvalue weighted by Gasteiger charge is 2.31. The van der Waals surface area contributed by atoms with E-state index in [0.29, 0.717) is 19.4 Å². The number of hydrogen-bond acceptors (Lipinski definition) is 4. The van der Waals surface area contributed by atoms with Crippen LogP contribution in [0.1, 0.15) is 29.5 Å². The Hall–Kier alpha value is -1.88. The molecule has 0 radical (unpaired) electrons. The van der Waals surface area contributed by atoms with Crippen LogP contribution >= 0.6 is 0 Å². The second kappa shape index (κ2) is 7.59. The molecule has 0 spiro atoms. The molecule has 2 aromatic rings. The molecule has 0 aromatic heterocycles. The number of aliphatic hydroxyl groups is 1. The van der Waals surface area contributed by atoms with Crippen LogP contribution in [-0.4, -0.2) is 24.8 Å². The molecule has 0 fully saturated rings. The fourth-order valence-corrected chi connectivity index (χ4v) is 2.66. The summed E-state index contributed by atoms with van der Waals surface area (Å²) in [6, 6.07) is 15.3. The van der Waals surface area contributed by atoms with Gasteiger partial charge in [-0.15, -0.1) is 0 Å². The van der Waals surface area contributed by atoms with Crippen molar-refractivity contribution in [1.82, 2.24) is 0 Å². The Labute approximate surface area is 138 Å². The molecule has 0 aliphatic heterocycles. The van der Waals surface area contributed by atoms with Crippen molar-refractivity contribution in [3.8, 4) is 5.75 Å². The molecule has 23 heavy (non-hydrogen) atoms. The number of aryl methyl sites for hydroxylation is 1. The van der Waals surface area contributed by atoms with E-state index in [-0.39, 0.29) is 6.04 Å². The quantitative estimate of drug-likeness (QED) is 0.732. The first-order chi connectivity index (χ1) is 11.0. The van der Waals surface area contributed by atoms with Gasteiger partial charge in [0.05, 0.1) is 7.11 Å². The van der Waals surface area contributed by atoms with Crippen LogP contribution in [0.15, 0.2) is 48.5 Å². The van der Waals surface area contributed by atoms with Crippen molar-refractivity contribution < 1.29 is 9.84 Å². The SMILES string of the molecule is COc1ccc(C(O)(CCC(N)CN)c2ccc(C)cc2)cc1. The van der Waals surface area contributed by atoms with E-state index in [1.807, 2.05) is 55.5 Å². The lowest BCUT2D eigenvalue weighted by Gasteiger charge is -2.30. The molecule has 2 rings (SSSR count). The van der Waals surface area contributed by atoms with Crippen molar-refractivity contribution in [2.24, 2.45) is 11.5 Å². The van der Waals surface area contributed by atoms with Crippen molar-refractivity contribution >= 4 is 0 Å². The standard InChI is InChI=1S/C19H26N2O2/c1-14-3-5-15(6-4-14)19(22,12-11-17(21)13-20)16-7-9-18(23-2)10-8-16/h3-10,17,22H,11-13,20-21H2,1-2H3. The molecule has 2 atom stereocenters. The van der Waals surface area contributed by atoms with Gasteiger partial charge in [0.2, 0.25) is 0 Å². The van der Waals surface area contributed by atoms with Gasteiger partial charge in [0.1, 0.15) is 11.4 Å². The van der Waals surface area contributed by atoms with E-state index in [1.54, 1.807) is 7.11 Å². The number of methoxy groups -OCH3 is 1. The summed E-state index contributed by atoms with van der Waals surface area (Å²) >= 11 is 0. The third-order valence-corrected chi connectivity index (χ3v) is 4.28. The van der Waals surface area contributed by atoms with Crippen LogP contribution < -0.4 is 16.2 Å². The highest BCUT2D eigenvalue weighted by atomic mass is 16.5. The lowest BCUT2D eigenvalue weighted by atomic mass is 9.81. The summed E-state index contributed by atoms with van der Waals surface area (Å²) in [4.78, 5) is 0. The van der Waals surface area contributed by atoms with Crippen LogP contribution in [0, 0.1) is 6.92 Å². The predicted octanol–water partition coefficient (Wildman–Crippen LogP) is 2.31. The van der Waals surface area contributed by atoms with Crippen LogP contribution in [0.3, 0.4) is 0 Å². The molecule has 0 bridgehead atoms. The van der Waals surface area contributed by atoms with Gasteiger partial charge in [-0.05, 0) is 43.0 Å². The number of rotatable bonds is 7. The topological polar surface area (TPSA) is 81.5 Å². The van der Waals surface area contributed by atoms with Gasteiger partial charge >= 0.3 is 0 Å². The van der Waals surface area contributed by atoms with Crippen LogP contribution in [0.25, 0.3) is 0 Å². The molecule has 0 amide bonds. The predicted molar refractivity (Wildman–Crippen MR) is 93.4 cm³/mol. The highest BCUT2D eigenvalue weighted by Crippen LogP contribution is 2.35. The monoisotopic (exact) mass is 314 g/mol. The molecule has 5 N–H and O–H groups in total. The minimum atomic E-state index is -1.09. The van der Waals surface area contributed by atoms with Crippen molar-refractivity contribution in [1.29, 1.82) is 0 Å². The summed E-state index contributed by atoms with van der Waals surface area (Å²) in [5, 5.41) is 11.4. The van der Waals surface area contributed by atoms with Crippen LogP contribution in [0.2, 0.25) is 0 Å². The Morgan fingerprint density at radius 1 is 1.04 bits per heavy atom. The van der Waals surface area contributed by atoms with Crippen molar-refractivity contribution in [3.05, 3.63) is 65.2 Å². The lowest BCUT2D eigenvalue weighted by Crippen LogP contribution is -2.34. The van der Waals surface area contributed by atoms with E-state index in [0.717, 1.165) is 22.4 Å². The first-order valence-electron chi connectivity index (χ1n) is 7.89. The van der Waals surface area contributed by atoms with Gasteiger partial charge in [-0.3, -0.25) is 0 Å². The van der Waals surface area contributed by atoms with E-state index in [9.17, 15) is 5.11 Å². The zero-order chi connectivity index (χ0) is 16.9. The van der Waals surface area contributed by atoms with E-state index in [2.05, 4.69) is 0 Å². The number of ether oxygens (including phenoxy) is 1. The second-order valence-corrected chi connectivity index (χ2v) is 5.99. The molecule has 2 unspecified atom stereocenters. The number of nitrogens with two attached hydrogens (primary N) is 2. The summed E-state index contributed by atoms with van der Waals surface area (Å²) in [5.74, 6) is 0.763. The minimum absolute atomic E-state index is 0.120. The molecule has 124 valence electrons. The maximum atomic E-state index is 11.4. The molecule has 0 aliphatic rings. The summed E-state index contributed by atoms with van der Waals surface area (Å²) in [6.45, 7) is 2.44. The number of benzene rings is 2. The van der Waals surface area contributed by atoms with E-state index in [4.69, 9.17) is 16.2 Å². The molecule has 0 saturated heterocycles. The molecule has 4 nitrogen and oxygen atoms in total. The Kier molecular flexibility index (Phi) is 5.77. The minimum Gasteiger partial charge on any atom is -0.497 e. The first kappa shape index (κ1) is 17.5. The summed E-state index contributed by atoms with van der Waals surface area (Å²) < 4.78 is 5.20. The molecule has 0 saturated carbocycles. The molecule has 0 aliphatic carbocycles. The van der Waals surface area contributed by atoms with Gasteiger partial charge in [0, 0.05) is 12.6 Å². The maximum Gasteiger partial charge on any atom is 0.118 e. The third-order valence-electron chi connectivity index (χ3n) is 4.28.